The number of benzene rings is 3. The first-order valence-electron chi connectivity index (χ1n) is 12.7. The van der Waals surface area contributed by atoms with Gasteiger partial charge in [0, 0.05) is 0 Å². The molecule has 0 radical (unpaired) electrons. The number of fused-ring (bicyclic) bond motifs is 2. The van der Waals surface area contributed by atoms with Crippen molar-refractivity contribution >= 4 is 35.1 Å². The molecular weight excluding hydrogens is 563 g/mol. The Balaban J connectivity index is 1.63. The number of halogens is 2. The van der Waals surface area contributed by atoms with E-state index in [2.05, 4.69) is 126 Å². The molecule has 0 bridgehead atoms. The van der Waals surface area contributed by atoms with Gasteiger partial charge in [-0.25, -0.2) is 0 Å². The van der Waals surface area contributed by atoms with Crippen LogP contribution in [0.1, 0.15) is 62.8 Å². The second kappa shape index (κ2) is 8.70. The average Bonchev–Trinajstić information content (AvgIpc) is 3.40. The molecule has 0 spiro atoms. The molecule has 2 unspecified atom stereocenters. The summed E-state index contributed by atoms with van der Waals surface area (Å²) in [5.74, 6) is -1.44. The van der Waals surface area contributed by atoms with Gasteiger partial charge < -0.3 is 0 Å². The van der Waals surface area contributed by atoms with Gasteiger partial charge in [-0.15, -0.1) is 0 Å². The van der Waals surface area contributed by atoms with Crippen molar-refractivity contribution in [2.24, 2.45) is 0 Å². The van der Waals surface area contributed by atoms with Crippen molar-refractivity contribution in [1.82, 2.24) is 0 Å². The van der Waals surface area contributed by atoms with Gasteiger partial charge in [-0.1, -0.05) is 0 Å². The average molecular weight is 598 g/mol. The summed E-state index contributed by atoms with van der Waals surface area (Å²) in [5, 5.41) is 0. The molecule has 2 aliphatic rings. The maximum absolute atomic E-state index is 8.11. The molecule has 2 atom stereocenters. The molecule has 0 saturated heterocycles. The SMILES string of the molecule is CC1=Cc2ccccc2[CH]1[Zr]([Cl])([Cl])([CH]1C=Cc2c(-c3ccc(C(C)(C)C)cc3)cccc21)[SiH](C)C. The second-order valence-corrected chi connectivity index (χ2v) is 54.4. The Labute approximate surface area is 219 Å². The van der Waals surface area contributed by atoms with Gasteiger partial charge in [0.1, 0.15) is 0 Å². The van der Waals surface area contributed by atoms with E-state index >= 15 is 0 Å². The first kappa shape index (κ1) is 25.5. The van der Waals surface area contributed by atoms with Crippen LogP contribution in [0.25, 0.3) is 23.3 Å². The van der Waals surface area contributed by atoms with Crippen LogP contribution < -0.4 is 0 Å². The summed E-state index contributed by atoms with van der Waals surface area (Å²) in [4.78, 5) is 0. The first-order chi connectivity index (χ1) is 16.4. The van der Waals surface area contributed by atoms with E-state index in [0.29, 0.717) is 0 Å². The van der Waals surface area contributed by atoms with Crippen LogP contribution in [0.15, 0.2) is 78.4 Å². The molecule has 0 N–H and O–H groups in total. The number of allylic oxidation sites excluding steroid dienone is 2. The number of hydrogen-bond donors (Lipinski definition) is 0. The summed E-state index contributed by atoms with van der Waals surface area (Å²) in [6.07, 6.45) is 6.99. The van der Waals surface area contributed by atoms with Crippen LogP contribution in [0, 0.1) is 0 Å². The Bertz CT molecular complexity index is 1360. The monoisotopic (exact) mass is 595 g/mol. The Morgan fingerprint density at radius 2 is 1.49 bits per heavy atom. The summed E-state index contributed by atoms with van der Waals surface area (Å²) in [6, 6.07) is 24.5. The number of hydrogen-bond acceptors (Lipinski definition) is 0. The van der Waals surface area contributed by atoms with E-state index in [-0.39, 0.29) is 12.7 Å². The normalized spacial score (nSPS) is 20.4. The van der Waals surface area contributed by atoms with Crippen molar-refractivity contribution in [3.63, 3.8) is 0 Å². The third kappa shape index (κ3) is 3.95. The van der Waals surface area contributed by atoms with E-state index in [1.807, 2.05) is 0 Å². The fourth-order valence-electron chi connectivity index (χ4n) is 6.30. The van der Waals surface area contributed by atoms with Crippen LogP contribution in [0.5, 0.6) is 0 Å². The maximum atomic E-state index is 8.11. The van der Waals surface area contributed by atoms with E-state index in [1.54, 1.807) is 0 Å². The molecule has 0 nitrogen and oxygen atoms in total. The van der Waals surface area contributed by atoms with Crippen molar-refractivity contribution in [3.8, 4) is 11.1 Å². The predicted molar refractivity (Wildman–Crippen MR) is 156 cm³/mol. The molecule has 0 saturated carbocycles. The van der Waals surface area contributed by atoms with Crippen LogP contribution in [0.3, 0.4) is 0 Å². The van der Waals surface area contributed by atoms with Gasteiger partial charge >= 0.3 is 221 Å². The topological polar surface area (TPSA) is 0 Å². The van der Waals surface area contributed by atoms with Crippen molar-refractivity contribution in [2.75, 3.05) is 0 Å². The summed E-state index contributed by atoms with van der Waals surface area (Å²) >= 11 is -4.44. The third-order valence-electron chi connectivity index (χ3n) is 8.39. The van der Waals surface area contributed by atoms with E-state index in [4.69, 9.17) is 17.0 Å². The predicted octanol–water partition coefficient (Wildman–Crippen LogP) is 9.86. The first-order valence-corrected chi connectivity index (χ1v) is 29.0. The van der Waals surface area contributed by atoms with Crippen LogP contribution in [-0.4, -0.2) is 5.92 Å². The van der Waals surface area contributed by atoms with Gasteiger partial charge in [0.15, 0.2) is 0 Å². The van der Waals surface area contributed by atoms with E-state index in [9.17, 15) is 0 Å². The molecule has 3 aromatic rings. The van der Waals surface area contributed by atoms with E-state index in [0.717, 1.165) is 0 Å². The minimum atomic E-state index is -4.44. The summed E-state index contributed by atoms with van der Waals surface area (Å²) in [6.45, 7) is 13.8. The van der Waals surface area contributed by atoms with Gasteiger partial charge in [0.05, 0.1) is 0 Å². The van der Waals surface area contributed by atoms with Crippen LogP contribution in [0.2, 0.25) is 13.1 Å². The van der Waals surface area contributed by atoms with Crippen molar-refractivity contribution in [2.45, 2.75) is 53.5 Å². The molecule has 0 heterocycles. The van der Waals surface area contributed by atoms with E-state index in [1.165, 1.54) is 44.5 Å². The molecule has 181 valence electrons. The van der Waals surface area contributed by atoms with Gasteiger partial charge in [-0.05, 0) is 0 Å². The molecule has 0 amide bonds. The summed E-state index contributed by atoms with van der Waals surface area (Å²) < 4.78 is 0.313. The Morgan fingerprint density at radius 1 is 0.829 bits per heavy atom. The molecule has 0 fully saturated rings. The molecule has 0 aliphatic heterocycles. The van der Waals surface area contributed by atoms with Crippen molar-refractivity contribution < 1.29 is 15.6 Å². The zero-order valence-electron chi connectivity index (χ0n) is 21.6. The zero-order valence-corrected chi connectivity index (χ0v) is 26.7. The molecule has 5 rings (SSSR count). The Hall–Kier alpha value is -1.18. The summed E-state index contributed by atoms with van der Waals surface area (Å²) in [7, 11) is 16.2. The molecule has 0 aromatic heterocycles. The van der Waals surface area contributed by atoms with E-state index < -0.39 is 21.5 Å². The fourth-order valence-corrected chi connectivity index (χ4v) is 36.5. The number of rotatable bonds is 4. The fraction of sp³-hybridized carbons (Fsp3) is 0.290. The van der Waals surface area contributed by atoms with Crippen LogP contribution in [-0.2, 0) is 21.0 Å². The standard InChI is InChI=1S/C19H19.C10H9.C2H7Si.2ClH.Zr/c1-19(2,3)16-12-10-15(11-13-16)18-9-5-7-14-6-4-8-17(14)18;1-8-6-9-4-2-3-5-10(9)7-8;1-3-2;;;/h4-13H,1-3H3;2-7H,1H3;3H,1-2H3;2*1H;/q;;;;;+2/p-2. The quantitative estimate of drug-likeness (QED) is 0.263. The van der Waals surface area contributed by atoms with Gasteiger partial charge in [-0.2, -0.15) is 0 Å². The molecule has 3 aromatic carbocycles. The molecular formula is C31H35Cl2SiZr. The summed E-state index contributed by atoms with van der Waals surface area (Å²) in [5.41, 5.74) is 10.6. The minimum absolute atomic E-state index is 0.134. The molecule has 35 heavy (non-hydrogen) atoms. The molecule has 4 heteroatoms. The van der Waals surface area contributed by atoms with Crippen LogP contribution >= 0.6 is 17.0 Å². The van der Waals surface area contributed by atoms with Gasteiger partial charge in [0.2, 0.25) is 0 Å². The zero-order chi connectivity index (χ0) is 25.2. The molecule has 2 aliphatic carbocycles. The van der Waals surface area contributed by atoms with Crippen molar-refractivity contribution in [3.05, 3.63) is 106 Å². The van der Waals surface area contributed by atoms with Gasteiger partial charge in [-0.3, -0.25) is 0 Å². The second-order valence-electron chi connectivity index (χ2n) is 11.8. The van der Waals surface area contributed by atoms with Gasteiger partial charge in [0.25, 0.3) is 0 Å². The van der Waals surface area contributed by atoms with Crippen LogP contribution in [0.4, 0.5) is 0 Å². The third-order valence-corrected chi connectivity index (χ3v) is 60.6. The Kier molecular flexibility index (Phi) is 6.33. The Morgan fingerprint density at radius 3 is 2.14 bits per heavy atom. The van der Waals surface area contributed by atoms with Crippen molar-refractivity contribution in [1.29, 1.82) is 0 Å².